The maximum absolute atomic E-state index is 14.1. The van der Waals surface area contributed by atoms with Crippen molar-refractivity contribution in [3.63, 3.8) is 0 Å². The maximum atomic E-state index is 14.1. The minimum Gasteiger partial charge on any atom is -0.434 e. The van der Waals surface area contributed by atoms with E-state index in [1.807, 2.05) is 18.9 Å². The van der Waals surface area contributed by atoms with Gasteiger partial charge in [0.2, 0.25) is 0 Å². The van der Waals surface area contributed by atoms with Gasteiger partial charge in [-0.25, -0.2) is 9.38 Å². The summed E-state index contributed by atoms with van der Waals surface area (Å²) in [6, 6.07) is 3.87. The van der Waals surface area contributed by atoms with Crippen LogP contribution in [0.2, 0.25) is 0 Å². The number of nitrogens with zero attached hydrogens (tertiary/aromatic N) is 2. The predicted octanol–water partition coefficient (Wildman–Crippen LogP) is 3.64. The van der Waals surface area contributed by atoms with Gasteiger partial charge in [-0.15, -0.1) is 0 Å². The molecule has 1 aliphatic rings. The highest BCUT2D eigenvalue weighted by molar-refractivity contribution is 5.79. The lowest BCUT2D eigenvalue weighted by molar-refractivity contribution is -0.0506. The van der Waals surface area contributed by atoms with E-state index >= 15 is 0 Å². The van der Waals surface area contributed by atoms with Gasteiger partial charge in [0.1, 0.15) is 11.6 Å². The Morgan fingerprint density at radius 2 is 2.11 bits per heavy atom. The summed E-state index contributed by atoms with van der Waals surface area (Å²) in [6.45, 7) is 1.91. The number of halogens is 3. The average Bonchev–Trinajstić information content (AvgIpc) is 2.65. The summed E-state index contributed by atoms with van der Waals surface area (Å²) >= 11 is 0. The summed E-state index contributed by atoms with van der Waals surface area (Å²) in [4.78, 5) is 6.40. The van der Waals surface area contributed by atoms with Crippen molar-refractivity contribution in [2.75, 3.05) is 33.4 Å². The summed E-state index contributed by atoms with van der Waals surface area (Å²) in [5, 5.41) is 3.16. The number of benzene rings is 1. The van der Waals surface area contributed by atoms with Gasteiger partial charge in [-0.05, 0) is 44.2 Å². The van der Waals surface area contributed by atoms with Gasteiger partial charge in [0, 0.05) is 33.4 Å². The lowest BCUT2D eigenvalue weighted by Crippen LogP contribution is -2.40. The van der Waals surface area contributed by atoms with Crippen LogP contribution in [0.5, 0.6) is 5.75 Å². The highest BCUT2D eigenvalue weighted by atomic mass is 19.3. The molecular formula is C19H28F3N3O2. The van der Waals surface area contributed by atoms with Gasteiger partial charge >= 0.3 is 6.61 Å². The molecule has 1 N–H and O–H groups in total. The number of alkyl halides is 2. The Morgan fingerprint density at radius 3 is 2.78 bits per heavy atom. The number of hydrogen-bond donors (Lipinski definition) is 1. The second kappa shape index (κ2) is 11.0. The Hall–Kier alpha value is -1.96. The first-order valence-electron chi connectivity index (χ1n) is 9.30. The zero-order valence-electron chi connectivity index (χ0n) is 15.9. The normalized spacial score (nSPS) is 15.9. The number of aliphatic imine (C=N–C) groups is 1. The van der Waals surface area contributed by atoms with Gasteiger partial charge in [-0.1, -0.05) is 6.07 Å². The lowest BCUT2D eigenvalue weighted by atomic mass is 9.96. The van der Waals surface area contributed by atoms with Crippen molar-refractivity contribution in [3.05, 3.63) is 29.6 Å². The molecule has 0 aromatic heterocycles. The van der Waals surface area contributed by atoms with Crippen LogP contribution in [0.1, 0.15) is 31.7 Å². The summed E-state index contributed by atoms with van der Waals surface area (Å²) in [6.07, 6.45) is 3.14. The maximum Gasteiger partial charge on any atom is 0.387 e. The fraction of sp³-hybridized carbons (Fsp3) is 0.632. The van der Waals surface area contributed by atoms with Crippen LogP contribution in [-0.2, 0) is 11.3 Å². The van der Waals surface area contributed by atoms with Gasteiger partial charge in [0.25, 0.3) is 0 Å². The molecule has 0 unspecified atom stereocenters. The molecule has 0 radical (unpaired) electrons. The molecule has 0 amide bonds. The first kappa shape index (κ1) is 21.3. The molecule has 1 aliphatic heterocycles. The van der Waals surface area contributed by atoms with Gasteiger partial charge < -0.3 is 19.7 Å². The van der Waals surface area contributed by atoms with Crippen LogP contribution < -0.4 is 10.1 Å². The van der Waals surface area contributed by atoms with Crippen molar-refractivity contribution < 1.29 is 22.6 Å². The SMILES string of the molecule is CCNC(=NCc1c(F)cccc1OC(F)F)N(C)CCC1CCOCC1. The molecule has 0 spiro atoms. The van der Waals surface area contributed by atoms with Crippen molar-refractivity contribution in [2.45, 2.75) is 39.3 Å². The molecule has 0 saturated carbocycles. The van der Waals surface area contributed by atoms with E-state index in [0.29, 0.717) is 18.4 Å². The molecule has 0 atom stereocenters. The molecule has 1 aromatic rings. The standard InChI is InChI=1S/C19H28F3N3O2/c1-3-23-19(25(2)10-7-14-8-11-26-12-9-14)24-13-15-16(20)5-4-6-17(15)27-18(21)22/h4-6,14,18H,3,7-13H2,1-2H3,(H,23,24). The quantitative estimate of drug-likeness (QED) is 0.547. The first-order chi connectivity index (χ1) is 13.0. The molecule has 1 saturated heterocycles. The van der Waals surface area contributed by atoms with E-state index in [4.69, 9.17) is 4.74 Å². The third kappa shape index (κ3) is 6.93. The Labute approximate surface area is 158 Å². The highest BCUT2D eigenvalue weighted by Gasteiger charge is 2.17. The number of hydrogen-bond acceptors (Lipinski definition) is 3. The van der Waals surface area contributed by atoms with E-state index in [1.54, 1.807) is 0 Å². The summed E-state index contributed by atoms with van der Waals surface area (Å²) in [5.41, 5.74) is 0.0195. The molecule has 0 aliphatic carbocycles. The van der Waals surface area contributed by atoms with Crippen LogP contribution >= 0.6 is 0 Å². The Bertz CT molecular complexity index is 608. The number of guanidine groups is 1. The summed E-state index contributed by atoms with van der Waals surface area (Å²) < 4.78 is 49.0. The van der Waals surface area contributed by atoms with E-state index in [9.17, 15) is 13.2 Å². The van der Waals surface area contributed by atoms with E-state index in [-0.39, 0.29) is 17.9 Å². The van der Waals surface area contributed by atoms with E-state index < -0.39 is 12.4 Å². The van der Waals surface area contributed by atoms with E-state index in [1.165, 1.54) is 18.2 Å². The zero-order valence-corrected chi connectivity index (χ0v) is 15.9. The van der Waals surface area contributed by atoms with Gasteiger partial charge in [-0.2, -0.15) is 8.78 Å². The van der Waals surface area contributed by atoms with Crippen LogP contribution in [0.25, 0.3) is 0 Å². The fourth-order valence-corrected chi connectivity index (χ4v) is 3.04. The molecule has 1 aromatic carbocycles. The van der Waals surface area contributed by atoms with Crippen LogP contribution in [-0.4, -0.2) is 50.8 Å². The van der Waals surface area contributed by atoms with Crippen molar-refractivity contribution >= 4 is 5.96 Å². The monoisotopic (exact) mass is 387 g/mol. The fourth-order valence-electron chi connectivity index (χ4n) is 3.04. The molecule has 8 heteroatoms. The van der Waals surface area contributed by atoms with E-state index in [0.717, 1.165) is 39.0 Å². The molecule has 2 rings (SSSR count). The molecule has 5 nitrogen and oxygen atoms in total. The molecule has 152 valence electrons. The average molecular weight is 387 g/mol. The summed E-state index contributed by atoms with van der Waals surface area (Å²) in [7, 11) is 1.92. The van der Waals surface area contributed by atoms with Crippen LogP contribution in [0.3, 0.4) is 0 Å². The van der Waals surface area contributed by atoms with Crippen molar-refractivity contribution in [3.8, 4) is 5.75 Å². The third-order valence-corrected chi connectivity index (χ3v) is 4.59. The Morgan fingerprint density at radius 1 is 1.37 bits per heavy atom. The molecule has 27 heavy (non-hydrogen) atoms. The molecular weight excluding hydrogens is 359 g/mol. The van der Waals surface area contributed by atoms with Crippen LogP contribution in [0, 0.1) is 11.7 Å². The first-order valence-corrected chi connectivity index (χ1v) is 9.30. The molecule has 1 fully saturated rings. The minimum absolute atomic E-state index is 0.0195. The number of nitrogens with one attached hydrogen (secondary N) is 1. The lowest BCUT2D eigenvalue weighted by Gasteiger charge is -2.27. The number of ether oxygens (including phenoxy) is 2. The largest absolute Gasteiger partial charge is 0.434 e. The Kier molecular flexibility index (Phi) is 8.71. The zero-order chi connectivity index (χ0) is 19.6. The van der Waals surface area contributed by atoms with E-state index in [2.05, 4.69) is 15.0 Å². The van der Waals surface area contributed by atoms with Crippen molar-refractivity contribution in [2.24, 2.45) is 10.9 Å². The van der Waals surface area contributed by atoms with Gasteiger partial charge in [-0.3, -0.25) is 0 Å². The highest BCUT2D eigenvalue weighted by Crippen LogP contribution is 2.24. The van der Waals surface area contributed by atoms with Crippen molar-refractivity contribution in [1.82, 2.24) is 10.2 Å². The molecule has 0 bridgehead atoms. The summed E-state index contributed by atoms with van der Waals surface area (Å²) in [5.74, 6) is 0.435. The molecule has 1 heterocycles. The van der Waals surface area contributed by atoms with Crippen LogP contribution in [0.4, 0.5) is 13.2 Å². The second-order valence-corrected chi connectivity index (χ2v) is 6.53. The van der Waals surface area contributed by atoms with Crippen LogP contribution in [0.15, 0.2) is 23.2 Å². The smallest absolute Gasteiger partial charge is 0.387 e. The second-order valence-electron chi connectivity index (χ2n) is 6.53. The van der Waals surface area contributed by atoms with Gasteiger partial charge in [0.05, 0.1) is 12.1 Å². The predicted molar refractivity (Wildman–Crippen MR) is 98.6 cm³/mol. The third-order valence-electron chi connectivity index (χ3n) is 4.59. The minimum atomic E-state index is -3.01. The number of rotatable bonds is 8. The topological polar surface area (TPSA) is 46.1 Å². The Balaban J connectivity index is 2.03. The van der Waals surface area contributed by atoms with Gasteiger partial charge in [0.15, 0.2) is 5.96 Å². The van der Waals surface area contributed by atoms with Crippen molar-refractivity contribution in [1.29, 1.82) is 0 Å².